The van der Waals surface area contributed by atoms with Crippen LogP contribution >= 0.6 is 0 Å². The van der Waals surface area contributed by atoms with E-state index in [1.807, 2.05) is 0 Å². The second-order valence-electron chi connectivity index (χ2n) is 7.33. The zero-order chi connectivity index (χ0) is 23.5. The van der Waals surface area contributed by atoms with Crippen molar-refractivity contribution in [2.45, 2.75) is 43.9 Å². The first-order chi connectivity index (χ1) is 15.4. The van der Waals surface area contributed by atoms with E-state index in [1.165, 1.54) is 19.5 Å². The molecule has 1 aliphatic heterocycles. The highest BCUT2D eigenvalue weighted by atomic mass is 16.5. The van der Waals surface area contributed by atoms with Crippen LogP contribution in [0.3, 0.4) is 0 Å². The Morgan fingerprint density at radius 2 is 1.69 bits per heavy atom. The minimum Gasteiger partial charge on any atom is -0.483 e. The molecule has 2 fully saturated rings. The lowest BCUT2D eigenvalue weighted by molar-refractivity contribution is -0.127. The molecule has 0 aromatic carbocycles. The number of nitrogens with one attached hydrogen (secondary N) is 2. The van der Waals surface area contributed by atoms with Gasteiger partial charge >= 0.3 is 5.97 Å². The molecule has 12 nitrogen and oxygen atoms in total. The summed E-state index contributed by atoms with van der Waals surface area (Å²) in [5.74, 6) is -1.04. The van der Waals surface area contributed by atoms with Gasteiger partial charge in [0.15, 0.2) is 5.69 Å². The molecule has 0 unspecified atom stereocenters. The maximum atomic E-state index is 12.5. The van der Waals surface area contributed by atoms with Gasteiger partial charge in [0.05, 0.1) is 38.8 Å². The lowest BCUT2D eigenvalue weighted by Crippen LogP contribution is -2.47. The molecule has 1 saturated heterocycles. The number of hydrogen-bond donors (Lipinski definition) is 3. The van der Waals surface area contributed by atoms with Gasteiger partial charge in [-0.3, -0.25) is 14.4 Å². The molecule has 2 aliphatic rings. The molecule has 2 atom stereocenters. The smallest absolute Gasteiger partial charge is 0.358 e. The Bertz CT molecular complexity index is 780. The molecule has 1 aromatic heterocycles. The lowest BCUT2D eigenvalue weighted by atomic mass is 9.85. The van der Waals surface area contributed by atoms with Crippen molar-refractivity contribution in [1.82, 2.24) is 20.6 Å². The summed E-state index contributed by atoms with van der Waals surface area (Å²) in [7, 11) is 2.86. The number of nitrogens with zero attached hydrogens (tertiary/aromatic N) is 2. The largest absolute Gasteiger partial charge is 0.483 e. The van der Waals surface area contributed by atoms with Gasteiger partial charge in [0.25, 0.3) is 12.4 Å². The fraction of sp³-hybridized carbons (Fsp3) is 0.600. The van der Waals surface area contributed by atoms with Gasteiger partial charge in [-0.1, -0.05) is 0 Å². The Labute approximate surface area is 185 Å². The number of aromatic nitrogens is 2. The third-order valence-corrected chi connectivity index (χ3v) is 5.37. The van der Waals surface area contributed by atoms with Crippen LogP contribution in [0.5, 0.6) is 0 Å². The van der Waals surface area contributed by atoms with Crippen LogP contribution in [0, 0.1) is 5.92 Å². The SMILES string of the molecule is COC(=O)c1cnc(C(=O)NC2CCC(C(=O)N[C@H]3COC[C@@H]3OC)CC2)cn1.O=CO. The molecular formula is C20H28N4O8. The molecule has 176 valence electrons. The number of esters is 1. The number of carboxylic acid groups (broad SMARTS) is 1. The second-order valence-corrected chi connectivity index (χ2v) is 7.33. The van der Waals surface area contributed by atoms with E-state index in [2.05, 4.69) is 25.3 Å². The van der Waals surface area contributed by atoms with E-state index in [4.69, 9.17) is 19.4 Å². The third kappa shape index (κ3) is 6.95. The monoisotopic (exact) mass is 452 g/mol. The third-order valence-electron chi connectivity index (χ3n) is 5.37. The molecule has 0 radical (unpaired) electrons. The topological polar surface area (TPSA) is 166 Å². The Morgan fingerprint density at radius 3 is 2.25 bits per heavy atom. The highest BCUT2D eigenvalue weighted by molar-refractivity contribution is 5.93. The summed E-state index contributed by atoms with van der Waals surface area (Å²) >= 11 is 0. The number of carbonyl (C=O) groups is 4. The van der Waals surface area contributed by atoms with Gasteiger partial charge in [-0.2, -0.15) is 0 Å². The number of carbonyl (C=O) groups excluding carboxylic acids is 3. The Kier molecular flexibility index (Phi) is 9.95. The summed E-state index contributed by atoms with van der Waals surface area (Å²) < 4.78 is 15.2. The summed E-state index contributed by atoms with van der Waals surface area (Å²) in [6, 6.07) is -0.147. The number of amides is 2. The lowest BCUT2D eigenvalue weighted by Gasteiger charge is -2.29. The molecule has 1 aromatic rings. The number of ether oxygens (including phenoxy) is 3. The fourth-order valence-electron chi connectivity index (χ4n) is 3.62. The van der Waals surface area contributed by atoms with E-state index >= 15 is 0 Å². The predicted octanol–water partition coefficient (Wildman–Crippen LogP) is -0.217. The minimum atomic E-state index is -0.609. The quantitative estimate of drug-likeness (QED) is 0.388. The minimum absolute atomic E-state index is 0.0107. The Hall–Kier alpha value is -3.12. The molecule has 0 spiro atoms. The van der Waals surface area contributed by atoms with Crippen LogP contribution in [0.2, 0.25) is 0 Å². The van der Waals surface area contributed by atoms with Crippen molar-refractivity contribution in [2.24, 2.45) is 5.92 Å². The first-order valence-corrected chi connectivity index (χ1v) is 10.1. The van der Waals surface area contributed by atoms with Gasteiger partial charge in [-0.15, -0.1) is 0 Å². The van der Waals surface area contributed by atoms with Crippen LogP contribution in [0.1, 0.15) is 46.7 Å². The number of rotatable bonds is 6. The molecule has 2 amide bonds. The first kappa shape index (κ1) is 25.1. The zero-order valence-corrected chi connectivity index (χ0v) is 18.0. The molecule has 1 aliphatic carbocycles. The van der Waals surface area contributed by atoms with Crippen molar-refractivity contribution in [3.05, 3.63) is 23.8 Å². The molecule has 0 bridgehead atoms. The van der Waals surface area contributed by atoms with Crippen LogP contribution in [-0.4, -0.2) is 85.0 Å². The van der Waals surface area contributed by atoms with E-state index in [1.54, 1.807) is 7.11 Å². The molecule has 3 rings (SSSR count). The van der Waals surface area contributed by atoms with Crippen molar-refractivity contribution in [1.29, 1.82) is 0 Å². The Balaban J connectivity index is 0.00000114. The highest BCUT2D eigenvalue weighted by Crippen LogP contribution is 2.25. The average molecular weight is 452 g/mol. The van der Waals surface area contributed by atoms with Gasteiger partial charge in [0.1, 0.15) is 11.8 Å². The van der Waals surface area contributed by atoms with Crippen molar-refractivity contribution in [3.8, 4) is 0 Å². The normalized spacial score (nSPS) is 24.4. The van der Waals surface area contributed by atoms with E-state index in [0.717, 1.165) is 0 Å². The van der Waals surface area contributed by atoms with Crippen LogP contribution in [0.25, 0.3) is 0 Å². The van der Waals surface area contributed by atoms with Gasteiger partial charge in [-0.05, 0) is 25.7 Å². The van der Waals surface area contributed by atoms with Crippen LogP contribution in [0.15, 0.2) is 12.4 Å². The standard InChI is InChI=1S/C19H26N4O6.CH2O2/c1-27-16-10-29-9-15(16)23-17(24)11-3-5-12(6-4-11)22-18(25)13-7-21-14(8-20-13)19(26)28-2;2-1-3/h7-8,11-12,15-16H,3-6,9-10H2,1-2H3,(H,22,25)(H,23,24);1H,(H,2,3)/t11?,12?,15-,16-;/m0./s1. The molecule has 2 heterocycles. The first-order valence-electron chi connectivity index (χ1n) is 10.1. The predicted molar refractivity (Wildman–Crippen MR) is 109 cm³/mol. The van der Waals surface area contributed by atoms with E-state index < -0.39 is 5.97 Å². The molecular weight excluding hydrogens is 424 g/mol. The summed E-state index contributed by atoms with van der Waals surface area (Å²) in [5, 5.41) is 12.8. The molecule has 1 saturated carbocycles. The van der Waals surface area contributed by atoms with Crippen molar-refractivity contribution in [2.75, 3.05) is 27.4 Å². The molecule has 32 heavy (non-hydrogen) atoms. The van der Waals surface area contributed by atoms with Crippen LogP contribution in [-0.2, 0) is 23.8 Å². The maximum Gasteiger partial charge on any atom is 0.358 e. The zero-order valence-electron chi connectivity index (χ0n) is 18.0. The summed E-state index contributed by atoms with van der Waals surface area (Å²) in [5.41, 5.74) is 0.170. The average Bonchev–Trinajstić information content (AvgIpc) is 3.26. The second kappa shape index (κ2) is 12.7. The van der Waals surface area contributed by atoms with Gasteiger partial charge in [0, 0.05) is 19.1 Å². The molecule has 12 heteroatoms. The van der Waals surface area contributed by atoms with Crippen molar-refractivity contribution in [3.63, 3.8) is 0 Å². The number of hydrogen-bond acceptors (Lipinski definition) is 9. The van der Waals surface area contributed by atoms with Gasteiger partial charge < -0.3 is 30.0 Å². The van der Waals surface area contributed by atoms with Gasteiger partial charge in [-0.25, -0.2) is 14.8 Å². The maximum absolute atomic E-state index is 12.5. The highest BCUT2D eigenvalue weighted by Gasteiger charge is 2.33. The van der Waals surface area contributed by atoms with Crippen molar-refractivity contribution < 1.29 is 38.5 Å². The van der Waals surface area contributed by atoms with E-state index in [9.17, 15) is 14.4 Å². The van der Waals surface area contributed by atoms with E-state index in [-0.39, 0.29) is 53.8 Å². The Morgan fingerprint density at radius 1 is 1.06 bits per heavy atom. The van der Waals surface area contributed by atoms with Gasteiger partial charge in [0.2, 0.25) is 5.91 Å². The van der Waals surface area contributed by atoms with E-state index in [0.29, 0.717) is 38.9 Å². The summed E-state index contributed by atoms with van der Waals surface area (Å²) in [6.45, 7) is 0.704. The number of methoxy groups -OCH3 is 2. The van der Waals surface area contributed by atoms with Crippen LogP contribution in [0.4, 0.5) is 0 Å². The summed E-state index contributed by atoms with van der Waals surface area (Å²) in [6.07, 6.45) is 5.13. The summed E-state index contributed by atoms with van der Waals surface area (Å²) in [4.78, 5) is 52.4. The fourth-order valence-corrected chi connectivity index (χ4v) is 3.62. The molecule has 3 N–H and O–H groups in total. The van der Waals surface area contributed by atoms with Crippen molar-refractivity contribution >= 4 is 24.3 Å². The van der Waals surface area contributed by atoms with Crippen LogP contribution < -0.4 is 10.6 Å².